The number of aromatic nitrogens is 4. The van der Waals surface area contributed by atoms with Gasteiger partial charge < -0.3 is 0 Å². The molecule has 0 unspecified atom stereocenters. The Hall–Kier alpha value is -1.62. The summed E-state index contributed by atoms with van der Waals surface area (Å²) in [6, 6.07) is 4.25. The molecule has 0 saturated heterocycles. The SMILES string of the molecule is CCCCN(Cn1nc(C)cc1C)Cn1nc(C)cc1C. The van der Waals surface area contributed by atoms with E-state index < -0.39 is 0 Å². The summed E-state index contributed by atoms with van der Waals surface area (Å²) in [5.41, 5.74) is 4.58. The van der Waals surface area contributed by atoms with E-state index in [1.807, 2.05) is 13.8 Å². The Labute approximate surface area is 127 Å². The van der Waals surface area contributed by atoms with Crippen LogP contribution in [0.25, 0.3) is 0 Å². The maximum absolute atomic E-state index is 4.57. The van der Waals surface area contributed by atoms with Crippen LogP contribution >= 0.6 is 0 Å². The van der Waals surface area contributed by atoms with Crippen LogP contribution in [0, 0.1) is 27.7 Å². The van der Waals surface area contributed by atoms with Gasteiger partial charge in [0.1, 0.15) is 0 Å². The van der Waals surface area contributed by atoms with E-state index in [9.17, 15) is 0 Å². The molecule has 5 heteroatoms. The first kappa shape index (κ1) is 15.8. The lowest BCUT2D eigenvalue weighted by atomic mass is 10.3. The van der Waals surface area contributed by atoms with Gasteiger partial charge >= 0.3 is 0 Å². The van der Waals surface area contributed by atoms with Gasteiger partial charge in [-0.05, 0) is 46.2 Å². The fourth-order valence-corrected chi connectivity index (χ4v) is 2.58. The molecule has 5 nitrogen and oxygen atoms in total. The molecule has 0 radical (unpaired) electrons. The number of unbranched alkanes of at least 4 members (excludes halogenated alkanes) is 1. The molecule has 116 valence electrons. The van der Waals surface area contributed by atoms with Gasteiger partial charge in [-0.25, -0.2) is 0 Å². The maximum Gasteiger partial charge on any atom is 0.0946 e. The Morgan fingerprint density at radius 3 is 1.71 bits per heavy atom. The Morgan fingerprint density at radius 2 is 1.38 bits per heavy atom. The van der Waals surface area contributed by atoms with Crippen LogP contribution in [0.1, 0.15) is 42.5 Å². The molecule has 2 rings (SSSR count). The number of hydrogen-bond acceptors (Lipinski definition) is 3. The van der Waals surface area contributed by atoms with E-state index in [0.717, 1.165) is 31.3 Å². The number of aryl methyl sites for hydroxylation is 4. The number of hydrogen-bond donors (Lipinski definition) is 0. The van der Waals surface area contributed by atoms with Gasteiger partial charge in [0.2, 0.25) is 0 Å². The molecular formula is C16H27N5. The van der Waals surface area contributed by atoms with E-state index in [4.69, 9.17) is 0 Å². The van der Waals surface area contributed by atoms with Gasteiger partial charge in [0.25, 0.3) is 0 Å². The monoisotopic (exact) mass is 289 g/mol. The predicted octanol–water partition coefficient (Wildman–Crippen LogP) is 3.03. The molecule has 0 N–H and O–H groups in total. The lowest BCUT2D eigenvalue weighted by Gasteiger charge is -2.23. The summed E-state index contributed by atoms with van der Waals surface area (Å²) in [6.07, 6.45) is 2.39. The number of rotatable bonds is 7. The zero-order valence-corrected chi connectivity index (χ0v) is 13.9. The van der Waals surface area contributed by atoms with Crippen LogP contribution in [0.15, 0.2) is 12.1 Å². The zero-order chi connectivity index (χ0) is 15.4. The van der Waals surface area contributed by atoms with Gasteiger partial charge in [0, 0.05) is 17.9 Å². The molecule has 0 spiro atoms. The highest BCUT2D eigenvalue weighted by Crippen LogP contribution is 2.08. The van der Waals surface area contributed by atoms with Crippen LogP contribution in [0.3, 0.4) is 0 Å². The normalized spacial score (nSPS) is 11.5. The van der Waals surface area contributed by atoms with Gasteiger partial charge in [-0.15, -0.1) is 0 Å². The van der Waals surface area contributed by atoms with E-state index >= 15 is 0 Å². The average molecular weight is 289 g/mol. The van der Waals surface area contributed by atoms with E-state index in [2.05, 4.69) is 57.4 Å². The largest absolute Gasteiger partial charge is 0.265 e. The summed E-state index contributed by atoms with van der Waals surface area (Å²) in [7, 11) is 0. The van der Waals surface area contributed by atoms with Crippen molar-refractivity contribution >= 4 is 0 Å². The first-order valence-electron chi connectivity index (χ1n) is 7.74. The summed E-state index contributed by atoms with van der Waals surface area (Å²) in [6.45, 7) is 13.2. The summed E-state index contributed by atoms with van der Waals surface area (Å²) in [5, 5.41) is 9.15. The highest BCUT2D eigenvalue weighted by molar-refractivity contribution is 5.07. The minimum Gasteiger partial charge on any atom is -0.265 e. The van der Waals surface area contributed by atoms with Crippen molar-refractivity contribution < 1.29 is 0 Å². The van der Waals surface area contributed by atoms with Crippen LogP contribution < -0.4 is 0 Å². The van der Waals surface area contributed by atoms with Crippen molar-refractivity contribution in [1.82, 2.24) is 24.5 Å². The first-order valence-corrected chi connectivity index (χ1v) is 7.74. The molecule has 0 fully saturated rings. The summed E-state index contributed by atoms with van der Waals surface area (Å²) in [5.74, 6) is 0. The van der Waals surface area contributed by atoms with Crippen LogP contribution in [-0.4, -0.2) is 31.0 Å². The van der Waals surface area contributed by atoms with Crippen molar-refractivity contribution in [2.24, 2.45) is 0 Å². The summed E-state index contributed by atoms with van der Waals surface area (Å²) in [4.78, 5) is 2.41. The zero-order valence-electron chi connectivity index (χ0n) is 13.9. The van der Waals surface area contributed by atoms with Gasteiger partial charge in [-0.2, -0.15) is 10.2 Å². The molecule has 0 bridgehead atoms. The van der Waals surface area contributed by atoms with Gasteiger partial charge in [0.15, 0.2) is 0 Å². The molecule has 0 aliphatic rings. The topological polar surface area (TPSA) is 38.9 Å². The van der Waals surface area contributed by atoms with Crippen molar-refractivity contribution in [2.75, 3.05) is 6.54 Å². The summed E-state index contributed by atoms with van der Waals surface area (Å²) >= 11 is 0. The minimum atomic E-state index is 0.817. The van der Waals surface area contributed by atoms with Gasteiger partial charge in [-0.3, -0.25) is 14.3 Å². The van der Waals surface area contributed by atoms with Crippen LogP contribution in [-0.2, 0) is 13.3 Å². The van der Waals surface area contributed by atoms with Crippen LogP contribution in [0.5, 0.6) is 0 Å². The van der Waals surface area contributed by atoms with Crippen molar-refractivity contribution in [1.29, 1.82) is 0 Å². The van der Waals surface area contributed by atoms with Crippen LogP contribution in [0.4, 0.5) is 0 Å². The second kappa shape index (κ2) is 6.89. The summed E-state index contributed by atoms with van der Waals surface area (Å²) < 4.78 is 4.16. The van der Waals surface area contributed by atoms with Crippen molar-refractivity contribution in [3.8, 4) is 0 Å². The molecule has 0 aromatic carbocycles. The molecule has 0 amide bonds. The van der Waals surface area contributed by atoms with E-state index in [-0.39, 0.29) is 0 Å². The highest BCUT2D eigenvalue weighted by Gasteiger charge is 2.11. The Kier molecular flexibility index (Phi) is 5.17. The number of nitrogens with zero attached hydrogens (tertiary/aromatic N) is 5. The molecule has 0 aliphatic carbocycles. The van der Waals surface area contributed by atoms with Crippen molar-refractivity contribution in [3.05, 3.63) is 34.9 Å². The smallest absolute Gasteiger partial charge is 0.0946 e. The third-order valence-corrected chi connectivity index (χ3v) is 3.70. The Morgan fingerprint density at radius 1 is 0.905 bits per heavy atom. The first-order chi connectivity index (χ1) is 9.99. The lowest BCUT2D eigenvalue weighted by molar-refractivity contribution is 0.147. The predicted molar refractivity (Wildman–Crippen MR) is 85.0 cm³/mol. The molecule has 2 heterocycles. The fourth-order valence-electron chi connectivity index (χ4n) is 2.58. The van der Waals surface area contributed by atoms with Crippen molar-refractivity contribution in [2.45, 2.75) is 60.8 Å². The standard InChI is InChI=1S/C16H27N5/c1-6-7-8-19(11-20-15(4)9-13(2)17-20)12-21-16(5)10-14(3)18-21/h9-10H,6-8,11-12H2,1-5H3. The maximum atomic E-state index is 4.57. The van der Waals surface area contributed by atoms with E-state index in [0.29, 0.717) is 0 Å². The molecule has 0 atom stereocenters. The second-order valence-corrected chi connectivity index (χ2v) is 5.88. The quantitative estimate of drug-likeness (QED) is 0.786. The fraction of sp³-hybridized carbons (Fsp3) is 0.625. The van der Waals surface area contributed by atoms with E-state index in [1.54, 1.807) is 0 Å². The van der Waals surface area contributed by atoms with Crippen LogP contribution in [0.2, 0.25) is 0 Å². The minimum absolute atomic E-state index is 0.817. The highest BCUT2D eigenvalue weighted by atomic mass is 15.4. The lowest BCUT2D eigenvalue weighted by Crippen LogP contribution is -2.31. The second-order valence-electron chi connectivity index (χ2n) is 5.88. The third-order valence-electron chi connectivity index (χ3n) is 3.70. The molecule has 21 heavy (non-hydrogen) atoms. The third kappa shape index (κ3) is 4.17. The Balaban J connectivity index is 2.10. The molecule has 0 aliphatic heterocycles. The Bertz CT molecular complexity index is 533. The van der Waals surface area contributed by atoms with Gasteiger partial charge in [0.05, 0.1) is 24.7 Å². The van der Waals surface area contributed by atoms with Gasteiger partial charge in [-0.1, -0.05) is 13.3 Å². The van der Waals surface area contributed by atoms with E-state index in [1.165, 1.54) is 24.2 Å². The average Bonchev–Trinajstić information content (AvgIpc) is 2.89. The molecule has 2 aromatic rings. The molecule has 0 saturated carbocycles. The van der Waals surface area contributed by atoms with Crippen molar-refractivity contribution in [3.63, 3.8) is 0 Å². The molecule has 2 aromatic heterocycles. The molecular weight excluding hydrogens is 262 g/mol.